The van der Waals surface area contributed by atoms with Gasteiger partial charge in [-0.05, 0) is 12.5 Å². The van der Waals surface area contributed by atoms with Crippen molar-refractivity contribution < 1.29 is 15.0 Å². The van der Waals surface area contributed by atoms with Crippen LogP contribution < -0.4 is 0 Å². The van der Waals surface area contributed by atoms with E-state index in [4.69, 9.17) is 10.2 Å². The smallest absolute Gasteiger partial charge is 0.332 e. The third-order valence-electron chi connectivity index (χ3n) is 1.33. The molecule has 0 saturated carbocycles. The molecule has 0 aromatic carbocycles. The topological polar surface area (TPSA) is 57.5 Å². The van der Waals surface area contributed by atoms with Crippen molar-refractivity contribution in [1.82, 2.24) is 0 Å². The van der Waals surface area contributed by atoms with Crippen LogP contribution in [0.15, 0.2) is 24.3 Å². The Morgan fingerprint density at radius 1 is 1.55 bits per heavy atom. The van der Waals surface area contributed by atoms with E-state index in [-0.39, 0.29) is 6.42 Å². The van der Waals surface area contributed by atoms with Crippen LogP contribution in [0.5, 0.6) is 0 Å². The Morgan fingerprint density at radius 2 is 2.00 bits per heavy atom. The van der Waals surface area contributed by atoms with Gasteiger partial charge in [0.25, 0.3) is 0 Å². The molecule has 0 fully saturated rings. The molecule has 0 rings (SSSR count). The number of carboxylic acids is 1. The molecule has 1 unspecified atom stereocenters. The van der Waals surface area contributed by atoms with Crippen LogP contribution in [0.25, 0.3) is 0 Å². The highest BCUT2D eigenvalue weighted by Gasteiger charge is 2.13. The van der Waals surface area contributed by atoms with E-state index >= 15 is 0 Å². The van der Waals surface area contributed by atoms with Crippen LogP contribution in [-0.4, -0.2) is 22.3 Å². The summed E-state index contributed by atoms with van der Waals surface area (Å²) < 4.78 is 0. The maximum Gasteiger partial charge on any atom is 0.332 e. The molecule has 0 heterocycles. The van der Waals surface area contributed by atoms with E-state index in [2.05, 4.69) is 13.2 Å². The highest BCUT2D eigenvalue weighted by Crippen LogP contribution is 2.11. The van der Waals surface area contributed by atoms with Gasteiger partial charge in [-0.1, -0.05) is 18.7 Å². The first-order valence-electron chi connectivity index (χ1n) is 3.19. The Balaban J connectivity index is 3.95. The Bertz CT molecular complexity index is 194. The van der Waals surface area contributed by atoms with Gasteiger partial charge in [0.15, 0.2) is 6.10 Å². The van der Waals surface area contributed by atoms with E-state index in [9.17, 15) is 4.79 Å². The Morgan fingerprint density at radius 3 is 2.27 bits per heavy atom. The van der Waals surface area contributed by atoms with E-state index in [0.717, 1.165) is 0 Å². The second-order valence-corrected chi connectivity index (χ2v) is 2.44. The maximum atomic E-state index is 10.1. The molecule has 0 spiro atoms. The summed E-state index contributed by atoms with van der Waals surface area (Å²) in [6, 6.07) is 0. The molecular formula is C8H12O3. The summed E-state index contributed by atoms with van der Waals surface area (Å²) in [4.78, 5) is 10.1. The number of aliphatic carboxylic acids is 1. The zero-order valence-electron chi connectivity index (χ0n) is 6.50. The van der Waals surface area contributed by atoms with Crippen LogP contribution in [0.4, 0.5) is 0 Å². The highest BCUT2D eigenvalue weighted by molar-refractivity contribution is 5.72. The molecule has 2 N–H and O–H groups in total. The second-order valence-electron chi connectivity index (χ2n) is 2.44. The predicted octanol–water partition coefficient (Wildman–Crippen LogP) is 0.954. The molecule has 11 heavy (non-hydrogen) atoms. The minimum Gasteiger partial charge on any atom is -0.479 e. The van der Waals surface area contributed by atoms with Crippen molar-refractivity contribution in [3.63, 3.8) is 0 Å². The third-order valence-corrected chi connectivity index (χ3v) is 1.33. The van der Waals surface area contributed by atoms with Gasteiger partial charge >= 0.3 is 5.97 Å². The van der Waals surface area contributed by atoms with E-state index in [1.807, 2.05) is 0 Å². The first kappa shape index (κ1) is 9.91. The molecular weight excluding hydrogens is 144 g/mol. The molecule has 3 heteroatoms. The van der Waals surface area contributed by atoms with Crippen molar-refractivity contribution in [2.75, 3.05) is 0 Å². The van der Waals surface area contributed by atoms with Crippen LogP contribution >= 0.6 is 0 Å². The van der Waals surface area contributed by atoms with Crippen molar-refractivity contribution in [3.05, 3.63) is 24.3 Å². The van der Waals surface area contributed by atoms with Crippen LogP contribution in [0, 0.1) is 0 Å². The lowest BCUT2D eigenvalue weighted by Crippen LogP contribution is -2.19. The molecule has 0 aromatic heterocycles. The van der Waals surface area contributed by atoms with E-state index in [1.165, 1.54) is 0 Å². The SMILES string of the molecule is C=C(C)C(=C)CC(O)C(=O)O. The van der Waals surface area contributed by atoms with Crippen LogP contribution in [-0.2, 0) is 4.79 Å². The average Bonchev–Trinajstić information content (AvgIpc) is 1.87. The minimum absolute atomic E-state index is 0.0463. The van der Waals surface area contributed by atoms with Crippen molar-refractivity contribution in [1.29, 1.82) is 0 Å². The third kappa shape index (κ3) is 3.57. The summed E-state index contributed by atoms with van der Waals surface area (Å²) >= 11 is 0. The number of carbonyl (C=O) groups is 1. The quantitative estimate of drug-likeness (QED) is 0.596. The van der Waals surface area contributed by atoms with E-state index in [1.54, 1.807) is 6.92 Å². The summed E-state index contributed by atoms with van der Waals surface area (Å²) in [7, 11) is 0. The van der Waals surface area contributed by atoms with E-state index < -0.39 is 12.1 Å². The summed E-state index contributed by atoms with van der Waals surface area (Å²) in [5, 5.41) is 17.1. The molecule has 0 aliphatic carbocycles. The zero-order chi connectivity index (χ0) is 9.02. The van der Waals surface area contributed by atoms with Gasteiger partial charge in [0.05, 0.1) is 0 Å². The first-order valence-corrected chi connectivity index (χ1v) is 3.19. The minimum atomic E-state index is -1.36. The predicted molar refractivity (Wildman–Crippen MR) is 42.2 cm³/mol. The van der Waals surface area contributed by atoms with Crippen LogP contribution in [0.2, 0.25) is 0 Å². The fourth-order valence-corrected chi connectivity index (χ4v) is 0.495. The lowest BCUT2D eigenvalue weighted by atomic mass is 10.0. The first-order chi connectivity index (χ1) is 4.95. The van der Waals surface area contributed by atoms with E-state index in [0.29, 0.717) is 11.1 Å². The fraction of sp³-hybridized carbons (Fsp3) is 0.375. The van der Waals surface area contributed by atoms with Gasteiger partial charge in [-0.2, -0.15) is 0 Å². The average molecular weight is 156 g/mol. The van der Waals surface area contributed by atoms with Crippen molar-refractivity contribution in [2.45, 2.75) is 19.4 Å². The summed E-state index contributed by atoms with van der Waals surface area (Å²) in [6.45, 7) is 8.84. The van der Waals surface area contributed by atoms with Crippen molar-refractivity contribution in [2.24, 2.45) is 0 Å². The lowest BCUT2D eigenvalue weighted by molar-refractivity contribution is -0.146. The number of hydrogen-bond acceptors (Lipinski definition) is 2. The molecule has 62 valence electrons. The monoisotopic (exact) mass is 156 g/mol. The van der Waals surface area contributed by atoms with Crippen molar-refractivity contribution in [3.8, 4) is 0 Å². The van der Waals surface area contributed by atoms with Crippen LogP contribution in [0.3, 0.4) is 0 Å². The zero-order valence-corrected chi connectivity index (χ0v) is 6.50. The number of carboxylic acid groups (broad SMARTS) is 1. The second kappa shape index (κ2) is 3.93. The summed E-state index contributed by atoms with van der Waals surface area (Å²) in [6.07, 6.45) is -1.32. The fourth-order valence-electron chi connectivity index (χ4n) is 0.495. The number of rotatable bonds is 4. The Labute approximate surface area is 65.7 Å². The number of aliphatic hydroxyl groups excluding tert-OH is 1. The molecule has 0 aliphatic rings. The lowest BCUT2D eigenvalue weighted by Gasteiger charge is -2.06. The summed E-state index contributed by atoms with van der Waals surface area (Å²) in [5.41, 5.74) is 1.27. The van der Waals surface area contributed by atoms with Gasteiger partial charge in [0.1, 0.15) is 0 Å². The molecule has 0 radical (unpaired) electrons. The number of hydrogen-bond donors (Lipinski definition) is 2. The molecule has 0 bridgehead atoms. The number of aliphatic hydroxyl groups is 1. The molecule has 1 atom stereocenters. The van der Waals surface area contributed by atoms with Gasteiger partial charge in [-0.3, -0.25) is 0 Å². The van der Waals surface area contributed by atoms with Gasteiger partial charge in [-0.15, -0.1) is 0 Å². The standard InChI is InChI=1S/C8H12O3/c1-5(2)6(3)4-7(9)8(10)11/h7,9H,1,3-4H2,2H3,(H,10,11). The molecule has 0 amide bonds. The van der Waals surface area contributed by atoms with Gasteiger partial charge in [0, 0.05) is 6.42 Å². The van der Waals surface area contributed by atoms with Crippen LogP contribution in [0.1, 0.15) is 13.3 Å². The Kier molecular flexibility index (Phi) is 3.54. The molecule has 0 saturated heterocycles. The number of allylic oxidation sites excluding steroid dienone is 1. The highest BCUT2D eigenvalue weighted by atomic mass is 16.4. The molecule has 3 nitrogen and oxygen atoms in total. The van der Waals surface area contributed by atoms with Gasteiger partial charge < -0.3 is 10.2 Å². The van der Waals surface area contributed by atoms with Crippen molar-refractivity contribution >= 4 is 5.97 Å². The Hall–Kier alpha value is -1.09. The summed E-state index contributed by atoms with van der Waals surface area (Å²) in [5.74, 6) is -1.23. The largest absolute Gasteiger partial charge is 0.479 e. The normalized spacial score (nSPS) is 12.2. The molecule has 0 aliphatic heterocycles. The van der Waals surface area contributed by atoms with Gasteiger partial charge in [0.2, 0.25) is 0 Å². The van der Waals surface area contributed by atoms with Gasteiger partial charge in [-0.25, -0.2) is 4.79 Å². The maximum absolute atomic E-state index is 10.1. The molecule has 0 aromatic rings.